The minimum absolute atomic E-state index is 0.0146. The number of aryl methyl sites for hydroxylation is 2. The van der Waals surface area contributed by atoms with Gasteiger partial charge < -0.3 is 4.74 Å². The van der Waals surface area contributed by atoms with Gasteiger partial charge in [0, 0.05) is 12.6 Å². The molecule has 0 radical (unpaired) electrons. The van der Waals surface area contributed by atoms with E-state index >= 15 is 0 Å². The molecule has 4 heteroatoms. The number of nitrogens with zero attached hydrogens (tertiary/aromatic N) is 2. The molecule has 2 atom stereocenters. The average Bonchev–Trinajstić information content (AvgIpc) is 2.58. The van der Waals surface area contributed by atoms with Crippen molar-refractivity contribution in [1.82, 2.24) is 9.78 Å². The van der Waals surface area contributed by atoms with Gasteiger partial charge in [-0.25, -0.2) is 0 Å². The second-order valence-corrected chi connectivity index (χ2v) is 4.87. The Hall–Kier alpha value is -1.32. The molecule has 0 amide bonds. The molecule has 1 saturated carbocycles. The van der Waals surface area contributed by atoms with Crippen molar-refractivity contribution >= 4 is 5.97 Å². The van der Waals surface area contributed by atoms with E-state index in [-0.39, 0.29) is 18.1 Å². The Kier molecular flexibility index (Phi) is 3.50. The van der Waals surface area contributed by atoms with E-state index in [1.54, 1.807) is 0 Å². The number of aromatic nitrogens is 2. The zero-order valence-electron chi connectivity index (χ0n) is 10.8. The number of carbonyl (C=O) groups is 1. The summed E-state index contributed by atoms with van der Waals surface area (Å²) in [6.07, 6.45) is 4.29. The Morgan fingerprint density at radius 1 is 1.41 bits per heavy atom. The first-order valence-corrected chi connectivity index (χ1v) is 6.28. The summed E-state index contributed by atoms with van der Waals surface area (Å²) >= 11 is 0. The lowest BCUT2D eigenvalue weighted by Crippen LogP contribution is -2.32. The quantitative estimate of drug-likeness (QED) is 0.741. The first-order chi connectivity index (χ1) is 8.08. The van der Waals surface area contributed by atoms with Crippen molar-refractivity contribution in [3.8, 4) is 0 Å². The molecule has 1 aromatic rings. The van der Waals surface area contributed by atoms with Crippen LogP contribution < -0.4 is 0 Å². The molecule has 0 bridgehead atoms. The van der Waals surface area contributed by atoms with Gasteiger partial charge in [-0.1, -0.05) is 6.42 Å². The SMILES string of the molecule is CC(=O)O[C@H]1CCCC[C@H]1n1nc(C)cc1C. The molecule has 1 fully saturated rings. The van der Waals surface area contributed by atoms with Gasteiger partial charge in [-0.15, -0.1) is 0 Å². The van der Waals surface area contributed by atoms with E-state index in [0.717, 1.165) is 30.7 Å². The van der Waals surface area contributed by atoms with Crippen molar-refractivity contribution < 1.29 is 9.53 Å². The highest BCUT2D eigenvalue weighted by Gasteiger charge is 2.30. The van der Waals surface area contributed by atoms with Crippen LogP contribution in [0.3, 0.4) is 0 Å². The normalized spacial score (nSPS) is 24.6. The molecule has 4 nitrogen and oxygen atoms in total. The van der Waals surface area contributed by atoms with Crippen molar-refractivity contribution in [1.29, 1.82) is 0 Å². The van der Waals surface area contributed by atoms with Gasteiger partial charge in [-0.3, -0.25) is 9.48 Å². The van der Waals surface area contributed by atoms with Crippen LogP contribution >= 0.6 is 0 Å². The topological polar surface area (TPSA) is 44.1 Å². The highest BCUT2D eigenvalue weighted by atomic mass is 16.5. The van der Waals surface area contributed by atoms with E-state index in [1.807, 2.05) is 11.6 Å². The van der Waals surface area contributed by atoms with Crippen molar-refractivity contribution in [2.75, 3.05) is 0 Å². The van der Waals surface area contributed by atoms with Crippen LogP contribution in [0.1, 0.15) is 50.0 Å². The number of rotatable bonds is 2. The summed E-state index contributed by atoms with van der Waals surface area (Å²) in [6, 6.07) is 2.28. The standard InChI is InChI=1S/C13H20N2O2/c1-9-8-10(2)15(14-9)12-6-4-5-7-13(12)17-11(3)16/h8,12-13H,4-7H2,1-3H3/t12-,13+/m1/s1. The third-order valence-corrected chi connectivity index (χ3v) is 3.34. The number of esters is 1. The number of hydrogen-bond acceptors (Lipinski definition) is 3. The Balaban J connectivity index is 2.21. The maximum atomic E-state index is 11.1. The van der Waals surface area contributed by atoms with Crippen molar-refractivity contribution in [2.24, 2.45) is 0 Å². The summed E-state index contributed by atoms with van der Waals surface area (Å²) in [7, 11) is 0. The van der Waals surface area contributed by atoms with Crippen molar-refractivity contribution in [3.63, 3.8) is 0 Å². The maximum absolute atomic E-state index is 11.1. The van der Waals surface area contributed by atoms with Crippen molar-refractivity contribution in [2.45, 2.75) is 58.6 Å². The first kappa shape index (κ1) is 12.1. The van der Waals surface area contributed by atoms with Gasteiger partial charge in [-0.2, -0.15) is 5.10 Å². The Morgan fingerprint density at radius 3 is 2.71 bits per heavy atom. The van der Waals surface area contributed by atoms with E-state index in [9.17, 15) is 4.79 Å². The van der Waals surface area contributed by atoms with Crippen LogP contribution in [0.15, 0.2) is 6.07 Å². The molecular weight excluding hydrogens is 216 g/mol. The second kappa shape index (κ2) is 4.90. The van der Waals surface area contributed by atoms with Crippen LogP contribution in [0.4, 0.5) is 0 Å². The van der Waals surface area contributed by atoms with Gasteiger partial charge in [0.15, 0.2) is 0 Å². The smallest absolute Gasteiger partial charge is 0.302 e. The highest BCUT2D eigenvalue weighted by Crippen LogP contribution is 2.31. The lowest BCUT2D eigenvalue weighted by molar-refractivity contribution is -0.150. The molecule has 0 aromatic carbocycles. The largest absolute Gasteiger partial charge is 0.460 e. The summed E-state index contributed by atoms with van der Waals surface area (Å²) in [5.41, 5.74) is 2.17. The monoisotopic (exact) mass is 236 g/mol. The lowest BCUT2D eigenvalue weighted by atomic mass is 9.92. The van der Waals surface area contributed by atoms with Gasteiger partial charge in [0.2, 0.25) is 0 Å². The molecule has 1 heterocycles. The summed E-state index contributed by atoms with van der Waals surface area (Å²) in [5, 5.41) is 4.52. The zero-order chi connectivity index (χ0) is 12.4. The first-order valence-electron chi connectivity index (χ1n) is 6.28. The summed E-state index contributed by atoms with van der Waals surface area (Å²) in [5.74, 6) is -0.191. The van der Waals surface area contributed by atoms with Crippen LogP contribution in [0, 0.1) is 13.8 Å². The summed E-state index contributed by atoms with van der Waals surface area (Å²) < 4.78 is 7.45. The van der Waals surface area contributed by atoms with Crippen LogP contribution in [0.2, 0.25) is 0 Å². The zero-order valence-corrected chi connectivity index (χ0v) is 10.8. The molecule has 0 spiro atoms. The van der Waals surface area contributed by atoms with Gasteiger partial charge in [-0.05, 0) is 39.2 Å². The average molecular weight is 236 g/mol. The predicted octanol–water partition coefficient (Wildman–Crippen LogP) is 2.55. The molecule has 0 saturated heterocycles. The fourth-order valence-corrected chi connectivity index (χ4v) is 2.69. The minimum Gasteiger partial charge on any atom is -0.460 e. The number of carbonyl (C=O) groups excluding carboxylic acids is 1. The van der Waals surface area contributed by atoms with Crippen LogP contribution in [-0.4, -0.2) is 21.9 Å². The Bertz CT molecular complexity index is 412. The van der Waals surface area contributed by atoms with Crippen molar-refractivity contribution in [3.05, 3.63) is 17.5 Å². The second-order valence-electron chi connectivity index (χ2n) is 4.87. The molecule has 94 valence electrons. The maximum Gasteiger partial charge on any atom is 0.302 e. The molecule has 0 N–H and O–H groups in total. The minimum atomic E-state index is -0.191. The Labute approximate surface area is 102 Å². The predicted molar refractivity (Wildman–Crippen MR) is 64.8 cm³/mol. The lowest BCUT2D eigenvalue weighted by Gasteiger charge is -2.31. The van der Waals surface area contributed by atoms with Gasteiger partial charge >= 0.3 is 5.97 Å². The van der Waals surface area contributed by atoms with Gasteiger partial charge in [0.1, 0.15) is 6.10 Å². The van der Waals surface area contributed by atoms with E-state index in [4.69, 9.17) is 4.74 Å². The molecule has 1 aromatic heterocycles. The fourth-order valence-electron chi connectivity index (χ4n) is 2.69. The summed E-state index contributed by atoms with van der Waals surface area (Å²) in [6.45, 7) is 5.53. The number of hydrogen-bond donors (Lipinski definition) is 0. The molecule has 17 heavy (non-hydrogen) atoms. The van der Waals surface area contributed by atoms with Crippen LogP contribution in [-0.2, 0) is 9.53 Å². The third-order valence-electron chi connectivity index (χ3n) is 3.34. The third kappa shape index (κ3) is 2.68. The fraction of sp³-hybridized carbons (Fsp3) is 0.692. The molecule has 2 rings (SSSR count). The van der Waals surface area contributed by atoms with E-state index in [0.29, 0.717) is 0 Å². The highest BCUT2D eigenvalue weighted by molar-refractivity contribution is 5.66. The molecule has 0 unspecified atom stereocenters. The molecule has 0 aliphatic heterocycles. The van der Waals surface area contributed by atoms with Gasteiger partial charge in [0.25, 0.3) is 0 Å². The molecular formula is C13H20N2O2. The van der Waals surface area contributed by atoms with E-state index in [1.165, 1.54) is 13.3 Å². The van der Waals surface area contributed by atoms with Crippen LogP contribution in [0.5, 0.6) is 0 Å². The molecule has 1 aliphatic carbocycles. The van der Waals surface area contributed by atoms with Gasteiger partial charge in [0.05, 0.1) is 11.7 Å². The Morgan fingerprint density at radius 2 is 2.12 bits per heavy atom. The summed E-state index contributed by atoms with van der Waals surface area (Å²) in [4.78, 5) is 11.1. The number of ether oxygens (including phenoxy) is 1. The van der Waals surface area contributed by atoms with Crippen LogP contribution in [0.25, 0.3) is 0 Å². The molecule has 1 aliphatic rings. The van der Waals surface area contributed by atoms with E-state index < -0.39 is 0 Å². The van der Waals surface area contributed by atoms with E-state index in [2.05, 4.69) is 18.1 Å².